The average molecular weight is 213 g/mol. The normalized spacial score (nSPS) is 10.9. The third kappa shape index (κ3) is 3.02. The van der Waals surface area contributed by atoms with Crippen molar-refractivity contribution in [3.05, 3.63) is 35.4 Å². The van der Waals surface area contributed by atoms with Crippen molar-refractivity contribution in [1.29, 1.82) is 0 Å². The van der Waals surface area contributed by atoms with Gasteiger partial charge in [-0.05, 0) is 13.1 Å². The minimum Gasteiger partial charge on any atom is -0.496 e. The molecule has 2 nitrogen and oxygen atoms in total. The van der Waals surface area contributed by atoms with Crippen LogP contribution in [0.5, 0.6) is 5.75 Å². The molecule has 0 saturated carbocycles. The van der Waals surface area contributed by atoms with E-state index < -0.39 is 11.6 Å². The summed E-state index contributed by atoms with van der Waals surface area (Å²) < 4.78 is 30.7. The lowest BCUT2D eigenvalue weighted by molar-refractivity contribution is 0.405. The summed E-state index contributed by atoms with van der Waals surface area (Å²) >= 11 is 0. The van der Waals surface area contributed by atoms with Gasteiger partial charge in [0.15, 0.2) is 11.6 Å². The maximum atomic E-state index is 12.9. The van der Waals surface area contributed by atoms with E-state index >= 15 is 0 Å². The van der Waals surface area contributed by atoms with Gasteiger partial charge in [-0.1, -0.05) is 12.2 Å². The summed E-state index contributed by atoms with van der Waals surface area (Å²) in [6, 6.07) is 2.15. The molecule has 0 atom stereocenters. The molecular weight excluding hydrogens is 200 g/mol. The van der Waals surface area contributed by atoms with Crippen molar-refractivity contribution in [2.75, 3.05) is 20.7 Å². The Labute approximate surface area is 87.6 Å². The first-order valence-corrected chi connectivity index (χ1v) is 4.53. The number of hydrogen-bond donors (Lipinski definition) is 1. The largest absolute Gasteiger partial charge is 0.496 e. The number of likely N-dealkylation sites (N-methyl/N-ethyl adjacent to an activating group) is 1. The quantitative estimate of drug-likeness (QED) is 0.827. The number of rotatable bonds is 4. The number of methoxy groups -OCH3 is 1. The average Bonchev–Trinajstić information content (AvgIpc) is 2.23. The maximum Gasteiger partial charge on any atom is 0.162 e. The van der Waals surface area contributed by atoms with Gasteiger partial charge in [0.25, 0.3) is 0 Å². The second-order valence-electron chi connectivity index (χ2n) is 2.97. The van der Waals surface area contributed by atoms with Crippen LogP contribution in [0.15, 0.2) is 18.2 Å². The van der Waals surface area contributed by atoms with Crippen molar-refractivity contribution in [2.45, 2.75) is 0 Å². The van der Waals surface area contributed by atoms with E-state index in [1.807, 2.05) is 0 Å². The molecule has 0 aliphatic rings. The van der Waals surface area contributed by atoms with E-state index in [4.69, 9.17) is 4.74 Å². The predicted octanol–water partition coefficient (Wildman–Crippen LogP) is 2.21. The van der Waals surface area contributed by atoms with Gasteiger partial charge < -0.3 is 10.1 Å². The molecule has 0 aliphatic carbocycles. The van der Waals surface area contributed by atoms with E-state index in [0.717, 1.165) is 12.1 Å². The molecule has 1 aromatic rings. The molecule has 15 heavy (non-hydrogen) atoms. The van der Waals surface area contributed by atoms with Crippen LogP contribution in [0.3, 0.4) is 0 Å². The minimum atomic E-state index is -0.905. The highest BCUT2D eigenvalue weighted by molar-refractivity contribution is 5.57. The monoisotopic (exact) mass is 213 g/mol. The third-order valence-electron chi connectivity index (χ3n) is 1.89. The van der Waals surface area contributed by atoms with Crippen molar-refractivity contribution < 1.29 is 13.5 Å². The molecule has 1 rings (SSSR count). The Morgan fingerprint density at radius 1 is 1.33 bits per heavy atom. The summed E-state index contributed by atoms with van der Waals surface area (Å²) in [4.78, 5) is 0. The van der Waals surface area contributed by atoms with Gasteiger partial charge >= 0.3 is 0 Å². The molecule has 0 fully saturated rings. The third-order valence-corrected chi connectivity index (χ3v) is 1.89. The van der Waals surface area contributed by atoms with Crippen molar-refractivity contribution >= 4 is 6.08 Å². The first-order chi connectivity index (χ1) is 7.19. The summed E-state index contributed by atoms with van der Waals surface area (Å²) in [6.45, 7) is 0.655. The van der Waals surface area contributed by atoms with Crippen molar-refractivity contribution in [2.24, 2.45) is 0 Å². The van der Waals surface area contributed by atoms with Gasteiger partial charge in [0.2, 0.25) is 0 Å². The van der Waals surface area contributed by atoms with E-state index in [-0.39, 0.29) is 0 Å². The Bertz CT molecular complexity index is 364. The summed E-state index contributed by atoms with van der Waals surface area (Å²) in [7, 11) is 3.22. The molecule has 82 valence electrons. The van der Waals surface area contributed by atoms with E-state index in [1.54, 1.807) is 19.2 Å². The van der Waals surface area contributed by atoms with Gasteiger partial charge in [0.1, 0.15) is 5.75 Å². The van der Waals surface area contributed by atoms with Crippen LogP contribution in [0.2, 0.25) is 0 Å². The molecule has 1 N–H and O–H groups in total. The minimum absolute atomic E-state index is 0.321. The molecule has 0 spiro atoms. The van der Waals surface area contributed by atoms with Gasteiger partial charge in [-0.25, -0.2) is 8.78 Å². The van der Waals surface area contributed by atoms with Crippen LogP contribution in [-0.4, -0.2) is 20.7 Å². The zero-order valence-corrected chi connectivity index (χ0v) is 8.68. The molecule has 0 unspecified atom stereocenters. The Morgan fingerprint density at radius 2 is 2.00 bits per heavy atom. The number of benzene rings is 1. The van der Waals surface area contributed by atoms with Crippen molar-refractivity contribution in [3.8, 4) is 5.75 Å². The molecule has 0 radical (unpaired) electrons. The van der Waals surface area contributed by atoms with Crippen LogP contribution in [0, 0.1) is 11.6 Å². The van der Waals surface area contributed by atoms with Crippen molar-refractivity contribution in [3.63, 3.8) is 0 Å². The summed E-state index contributed by atoms with van der Waals surface area (Å²) in [5, 5.41) is 2.91. The lowest BCUT2D eigenvalue weighted by atomic mass is 10.1. The van der Waals surface area contributed by atoms with Crippen LogP contribution in [0.1, 0.15) is 5.56 Å². The molecule has 0 aliphatic heterocycles. The maximum absolute atomic E-state index is 12.9. The van der Waals surface area contributed by atoms with Crippen LogP contribution in [0.4, 0.5) is 8.78 Å². The summed E-state index contributed by atoms with van der Waals surface area (Å²) in [6.07, 6.45) is 3.48. The second-order valence-corrected chi connectivity index (χ2v) is 2.97. The van der Waals surface area contributed by atoms with Crippen molar-refractivity contribution in [1.82, 2.24) is 5.32 Å². The smallest absolute Gasteiger partial charge is 0.162 e. The molecule has 0 heterocycles. The Balaban J connectivity index is 2.99. The van der Waals surface area contributed by atoms with Crippen LogP contribution >= 0.6 is 0 Å². The molecule has 0 saturated heterocycles. The molecule has 4 heteroatoms. The standard InChI is InChI=1S/C11H13F2NO/c1-14-5-3-4-8-6-9(12)10(13)7-11(8)15-2/h3-4,6-7,14H,5H2,1-2H3. The highest BCUT2D eigenvalue weighted by atomic mass is 19.2. The second kappa shape index (κ2) is 5.46. The molecular formula is C11H13F2NO. The van der Waals surface area contributed by atoms with Gasteiger partial charge in [-0.15, -0.1) is 0 Å². The zero-order valence-electron chi connectivity index (χ0n) is 8.68. The number of halogens is 2. The van der Waals surface area contributed by atoms with Gasteiger partial charge in [0, 0.05) is 18.2 Å². The Hall–Kier alpha value is -1.42. The number of nitrogens with one attached hydrogen (secondary N) is 1. The van der Waals surface area contributed by atoms with E-state index in [1.165, 1.54) is 7.11 Å². The van der Waals surface area contributed by atoms with Crippen LogP contribution in [0.25, 0.3) is 6.08 Å². The zero-order chi connectivity index (χ0) is 11.3. The van der Waals surface area contributed by atoms with Gasteiger partial charge in [-0.2, -0.15) is 0 Å². The first kappa shape index (κ1) is 11.7. The SMILES string of the molecule is CNCC=Cc1cc(F)c(F)cc1OC. The van der Waals surface area contributed by atoms with E-state index in [2.05, 4.69) is 5.32 Å². The van der Waals surface area contributed by atoms with Gasteiger partial charge in [0.05, 0.1) is 7.11 Å². The molecule has 0 aromatic heterocycles. The van der Waals surface area contributed by atoms with Crippen LogP contribution < -0.4 is 10.1 Å². The summed E-state index contributed by atoms with van der Waals surface area (Å²) in [5.41, 5.74) is 0.520. The fraction of sp³-hybridized carbons (Fsp3) is 0.273. The van der Waals surface area contributed by atoms with E-state index in [9.17, 15) is 8.78 Å². The fourth-order valence-electron chi connectivity index (χ4n) is 1.15. The lowest BCUT2D eigenvalue weighted by Gasteiger charge is -2.05. The number of ether oxygens (including phenoxy) is 1. The van der Waals surface area contributed by atoms with Gasteiger partial charge in [-0.3, -0.25) is 0 Å². The highest BCUT2D eigenvalue weighted by Gasteiger charge is 2.07. The topological polar surface area (TPSA) is 21.3 Å². The Kier molecular flexibility index (Phi) is 4.24. The Morgan fingerprint density at radius 3 is 2.60 bits per heavy atom. The highest BCUT2D eigenvalue weighted by Crippen LogP contribution is 2.23. The van der Waals surface area contributed by atoms with E-state index in [0.29, 0.717) is 17.9 Å². The lowest BCUT2D eigenvalue weighted by Crippen LogP contribution is -2.03. The number of hydrogen-bond acceptors (Lipinski definition) is 2. The first-order valence-electron chi connectivity index (χ1n) is 4.53. The summed E-state index contributed by atoms with van der Waals surface area (Å²) in [5.74, 6) is -1.46. The fourth-order valence-corrected chi connectivity index (χ4v) is 1.15. The van der Waals surface area contributed by atoms with Crippen LogP contribution in [-0.2, 0) is 0 Å². The molecule has 0 bridgehead atoms. The predicted molar refractivity (Wildman–Crippen MR) is 55.9 cm³/mol. The molecule has 0 amide bonds. The molecule has 1 aromatic carbocycles.